The Kier molecular flexibility index (Phi) is 4.24. The summed E-state index contributed by atoms with van der Waals surface area (Å²) in [5.74, 6) is -1.56. The van der Waals surface area contributed by atoms with E-state index in [1.807, 2.05) is 6.07 Å². The summed E-state index contributed by atoms with van der Waals surface area (Å²) in [5, 5.41) is 18.7. The van der Waals surface area contributed by atoms with Crippen LogP contribution in [-0.2, 0) is 9.53 Å². The number of nitrogens with zero attached hydrogens (tertiary/aromatic N) is 2. The first kappa shape index (κ1) is 13.2. The monoisotopic (exact) mass is 252 g/mol. The van der Waals surface area contributed by atoms with E-state index in [-0.39, 0.29) is 12.2 Å². The maximum absolute atomic E-state index is 11.4. The lowest BCUT2D eigenvalue weighted by Gasteiger charge is -2.04. The molecule has 0 aromatic carbocycles. The van der Waals surface area contributed by atoms with Gasteiger partial charge in [-0.15, -0.1) is 0 Å². The smallest absolute Gasteiger partial charge is 0.374 e. The predicted octanol–water partition coefficient (Wildman–Crippen LogP) is 2.12. The van der Waals surface area contributed by atoms with Crippen LogP contribution in [0.5, 0.6) is 0 Å². The van der Waals surface area contributed by atoms with Gasteiger partial charge in [0, 0.05) is 10.4 Å². The number of aromatic nitrogens is 1. The van der Waals surface area contributed by atoms with E-state index >= 15 is 0 Å². The lowest BCUT2D eigenvalue weighted by Crippen LogP contribution is -2.09. The fraction of sp³-hybridized carbons (Fsp3) is 0.364. The van der Waals surface area contributed by atoms with Gasteiger partial charge in [-0.25, -0.2) is 4.79 Å². The van der Waals surface area contributed by atoms with Gasteiger partial charge in [-0.2, -0.15) is 9.64 Å². The number of aryl methyl sites for hydroxylation is 2. The minimum Gasteiger partial charge on any atom is -0.501 e. The Hall–Kier alpha value is -1.87. The normalized spacial score (nSPS) is 11.6. The molecule has 0 aliphatic carbocycles. The number of carbonyl (C=O) groups is 1. The molecule has 1 N–H and O–H groups in total. The molecular weight excluding hydrogens is 240 g/mol. The summed E-state index contributed by atoms with van der Waals surface area (Å²) in [4.78, 5) is 12.1. The zero-order chi connectivity index (χ0) is 13.0. The summed E-state index contributed by atoms with van der Waals surface area (Å²) >= 11 is 1.22. The number of aliphatic hydroxyl groups excluding tert-OH is 1. The molecule has 6 heteroatoms. The van der Waals surface area contributed by atoms with Crippen LogP contribution in [0.15, 0.2) is 5.76 Å². The summed E-state index contributed by atoms with van der Waals surface area (Å²) in [6, 6.07) is 1.82. The van der Waals surface area contributed by atoms with Crippen molar-refractivity contribution in [1.82, 2.24) is 4.37 Å². The molecule has 1 rings (SSSR count). The molecule has 0 radical (unpaired) electrons. The van der Waals surface area contributed by atoms with Gasteiger partial charge in [-0.3, -0.25) is 0 Å². The number of aliphatic hydroxyl groups is 1. The van der Waals surface area contributed by atoms with Crippen molar-refractivity contribution in [2.24, 2.45) is 0 Å². The van der Waals surface area contributed by atoms with Crippen LogP contribution in [0.1, 0.15) is 23.1 Å². The molecule has 0 fully saturated rings. The standard InChI is InChI=1S/C11H12N2O3S/c1-4-16-11(15)10(14)8(5-12)9-6(2)13-17-7(9)3/h14H,4H2,1-3H3/b10-8-. The molecule has 0 atom stereocenters. The van der Waals surface area contributed by atoms with Gasteiger partial charge in [0.2, 0.25) is 5.76 Å². The highest BCUT2D eigenvalue weighted by molar-refractivity contribution is 7.06. The fourth-order valence-corrected chi connectivity index (χ4v) is 2.07. The van der Waals surface area contributed by atoms with Crippen molar-refractivity contribution >= 4 is 23.1 Å². The van der Waals surface area contributed by atoms with E-state index < -0.39 is 11.7 Å². The van der Waals surface area contributed by atoms with E-state index in [9.17, 15) is 9.90 Å². The van der Waals surface area contributed by atoms with Crippen molar-refractivity contribution in [3.05, 3.63) is 21.9 Å². The molecule has 17 heavy (non-hydrogen) atoms. The maximum atomic E-state index is 11.4. The number of rotatable bonds is 3. The number of hydrogen-bond donors (Lipinski definition) is 1. The minimum atomic E-state index is -0.894. The Morgan fingerprint density at radius 3 is 2.65 bits per heavy atom. The van der Waals surface area contributed by atoms with E-state index in [0.717, 1.165) is 4.88 Å². The summed E-state index contributed by atoms with van der Waals surface area (Å²) in [6.07, 6.45) is 0. The van der Waals surface area contributed by atoms with E-state index in [0.29, 0.717) is 11.3 Å². The lowest BCUT2D eigenvalue weighted by molar-refractivity contribution is -0.141. The first-order valence-electron chi connectivity index (χ1n) is 4.96. The topological polar surface area (TPSA) is 83.2 Å². The average Bonchev–Trinajstić information content (AvgIpc) is 2.62. The SMILES string of the molecule is CCOC(=O)/C(O)=C(\C#N)c1c(C)nsc1C. The van der Waals surface area contributed by atoms with Gasteiger partial charge in [0.1, 0.15) is 11.6 Å². The van der Waals surface area contributed by atoms with E-state index in [1.165, 1.54) is 11.5 Å². The quantitative estimate of drug-likeness (QED) is 0.385. The Bertz CT molecular complexity index is 492. The Labute approximate surface area is 103 Å². The molecule has 0 aliphatic rings. The van der Waals surface area contributed by atoms with Gasteiger partial charge < -0.3 is 9.84 Å². The molecule has 0 unspecified atom stereocenters. The number of esters is 1. The Morgan fingerprint density at radius 2 is 2.24 bits per heavy atom. The predicted molar refractivity (Wildman–Crippen MR) is 63.4 cm³/mol. The number of allylic oxidation sites excluding steroid dienone is 1. The fourth-order valence-electron chi connectivity index (χ4n) is 1.37. The molecule has 90 valence electrons. The van der Waals surface area contributed by atoms with Gasteiger partial charge in [-0.1, -0.05) is 0 Å². The first-order chi connectivity index (χ1) is 8.02. The van der Waals surface area contributed by atoms with Crippen molar-refractivity contribution in [2.45, 2.75) is 20.8 Å². The zero-order valence-electron chi connectivity index (χ0n) is 9.77. The van der Waals surface area contributed by atoms with Gasteiger partial charge in [0.25, 0.3) is 0 Å². The second-order valence-electron chi connectivity index (χ2n) is 3.26. The van der Waals surface area contributed by atoms with Gasteiger partial charge in [0.05, 0.1) is 12.3 Å². The summed E-state index contributed by atoms with van der Waals surface area (Å²) in [7, 11) is 0. The van der Waals surface area contributed by atoms with Crippen molar-refractivity contribution in [1.29, 1.82) is 5.26 Å². The van der Waals surface area contributed by atoms with Crippen LogP contribution in [0.25, 0.3) is 5.57 Å². The molecule has 1 aromatic heterocycles. The zero-order valence-corrected chi connectivity index (χ0v) is 10.6. The number of carbonyl (C=O) groups excluding carboxylic acids is 1. The Balaban J connectivity index is 3.30. The van der Waals surface area contributed by atoms with E-state index in [1.54, 1.807) is 20.8 Å². The van der Waals surface area contributed by atoms with Crippen molar-refractivity contribution in [3.63, 3.8) is 0 Å². The van der Waals surface area contributed by atoms with Crippen molar-refractivity contribution < 1.29 is 14.6 Å². The molecule has 0 saturated heterocycles. The number of nitriles is 1. The summed E-state index contributed by atoms with van der Waals surface area (Å²) in [6.45, 7) is 5.26. The largest absolute Gasteiger partial charge is 0.501 e. The molecule has 5 nitrogen and oxygen atoms in total. The molecule has 1 aromatic rings. The number of hydrogen-bond acceptors (Lipinski definition) is 6. The minimum absolute atomic E-state index is 0.0906. The second kappa shape index (κ2) is 5.46. The summed E-state index contributed by atoms with van der Waals surface area (Å²) in [5.41, 5.74) is 1.02. The van der Waals surface area contributed by atoms with Gasteiger partial charge in [0.15, 0.2) is 0 Å². The van der Waals surface area contributed by atoms with Crippen LogP contribution in [0.2, 0.25) is 0 Å². The molecule has 0 aliphatic heterocycles. The molecule has 0 bridgehead atoms. The molecular formula is C11H12N2O3S. The second-order valence-corrected chi connectivity index (χ2v) is 4.23. The maximum Gasteiger partial charge on any atom is 0.374 e. The molecule has 0 spiro atoms. The lowest BCUT2D eigenvalue weighted by atomic mass is 10.0. The first-order valence-corrected chi connectivity index (χ1v) is 5.73. The van der Waals surface area contributed by atoms with Crippen LogP contribution in [0.4, 0.5) is 0 Å². The number of ether oxygens (including phenoxy) is 1. The van der Waals surface area contributed by atoms with Crippen LogP contribution in [-0.4, -0.2) is 22.1 Å². The van der Waals surface area contributed by atoms with Crippen LogP contribution >= 0.6 is 11.5 Å². The van der Waals surface area contributed by atoms with Gasteiger partial charge in [-0.05, 0) is 32.3 Å². The van der Waals surface area contributed by atoms with Crippen molar-refractivity contribution in [2.75, 3.05) is 6.61 Å². The highest BCUT2D eigenvalue weighted by atomic mass is 32.1. The summed E-state index contributed by atoms with van der Waals surface area (Å²) < 4.78 is 8.72. The van der Waals surface area contributed by atoms with E-state index in [2.05, 4.69) is 9.11 Å². The third-order valence-corrected chi connectivity index (χ3v) is 2.94. The Morgan fingerprint density at radius 1 is 1.59 bits per heavy atom. The highest BCUT2D eigenvalue weighted by Crippen LogP contribution is 2.27. The molecule has 0 amide bonds. The van der Waals surface area contributed by atoms with Crippen molar-refractivity contribution in [3.8, 4) is 6.07 Å². The third kappa shape index (κ3) is 2.63. The van der Waals surface area contributed by atoms with Crippen LogP contribution < -0.4 is 0 Å². The van der Waals surface area contributed by atoms with Crippen LogP contribution in [0, 0.1) is 25.2 Å². The third-order valence-electron chi connectivity index (χ3n) is 2.10. The van der Waals surface area contributed by atoms with E-state index in [4.69, 9.17) is 5.26 Å². The van der Waals surface area contributed by atoms with Crippen LogP contribution in [0.3, 0.4) is 0 Å². The average molecular weight is 252 g/mol. The molecule has 0 saturated carbocycles. The van der Waals surface area contributed by atoms with Gasteiger partial charge >= 0.3 is 5.97 Å². The molecule has 1 heterocycles. The highest BCUT2D eigenvalue weighted by Gasteiger charge is 2.21.